The van der Waals surface area contributed by atoms with Gasteiger partial charge in [-0.15, -0.1) is 0 Å². The number of amides is 2. The number of aliphatic hydroxyl groups excluding tert-OH is 7. The maximum atomic E-state index is 12.8. The van der Waals surface area contributed by atoms with Crippen LogP contribution in [0.25, 0.3) is 0 Å². The van der Waals surface area contributed by atoms with E-state index in [1.165, 1.54) is 13.0 Å². The first-order valence-electron chi connectivity index (χ1n) is 15.9. The van der Waals surface area contributed by atoms with Gasteiger partial charge in [-0.25, -0.2) is 4.79 Å². The van der Waals surface area contributed by atoms with Gasteiger partial charge in [0.2, 0.25) is 11.8 Å². The highest BCUT2D eigenvalue weighted by atomic mass is 16.8. The lowest BCUT2D eigenvalue weighted by molar-refractivity contribution is -0.343. The average molecular weight is 703 g/mol. The number of nitrogens with zero attached hydrogens (tertiary/aromatic N) is 1. The molecule has 15 atom stereocenters. The van der Waals surface area contributed by atoms with Crippen molar-refractivity contribution in [3.05, 3.63) is 45.3 Å². The van der Waals surface area contributed by atoms with Crippen LogP contribution < -0.4 is 21.9 Å². The SMILES string of the molecule is CC(=O)NC1C(OC2OC(CC(O)C3OC(n4ccc(=O)[nH]c4=O)C(O)C3O)C(O)C(O)C2NC(=O)C=CCC(C)C)OC(C)C(O)C1O. The molecule has 10 N–H and O–H groups in total. The maximum Gasteiger partial charge on any atom is 0.330 e. The van der Waals surface area contributed by atoms with Gasteiger partial charge in [-0.2, -0.15) is 0 Å². The molecule has 3 fully saturated rings. The number of allylic oxidation sites excluding steroid dienone is 1. The van der Waals surface area contributed by atoms with E-state index in [4.69, 9.17) is 18.9 Å². The molecule has 1 aromatic heterocycles. The zero-order valence-corrected chi connectivity index (χ0v) is 27.3. The molecule has 0 spiro atoms. The van der Waals surface area contributed by atoms with Crippen LogP contribution >= 0.6 is 0 Å². The minimum Gasteiger partial charge on any atom is -0.390 e. The Bertz CT molecular complexity index is 1440. The Labute approximate surface area is 280 Å². The van der Waals surface area contributed by atoms with Crippen molar-refractivity contribution in [1.29, 1.82) is 0 Å². The predicted molar refractivity (Wildman–Crippen MR) is 164 cm³/mol. The number of ether oxygens (including phenoxy) is 4. The Hall–Kier alpha value is -3.08. The van der Waals surface area contributed by atoms with Crippen LogP contribution in [0.1, 0.15) is 46.8 Å². The third-order valence-electron chi connectivity index (χ3n) is 8.62. The Morgan fingerprint density at radius 1 is 0.939 bits per heavy atom. The molecule has 1 aromatic rings. The van der Waals surface area contributed by atoms with Crippen LogP contribution in [-0.2, 0) is 28.5 Å². The van der Waals surface area contributed by atoms with E-state index in [0.717, 1.165) is 23.8 Å². The fraction of sp³-hybridized carbons (Fsp3) is 0.733. The summed E-state index contributed by atoms with van der Waals surface area (Å²) < 4.78 is 24.0. The number of H-pyrrole nitrogens is 1. The quantitative estimate of drug-likeness (QED) is 0.0972. The second-order valence-electron chi connectivity index (χ2n) is 12.9. The summed E-state index contributed by atoms with van der Waals surface area (Å²) >= 11 is 0. The maximum absolute atomic E-state index is 12.8. The fourth-order valence-electron chi connectivity index (χ4n) is 5.95. The third-order valence-corrected chi connectivity index (χ3v) is 8.62. The standard InChI is InChI=1S/C30H46N4O15/c1-11(2)6-5-7-16(37)32-19-23(42)21(40)15(47-29(19)49-28-18(31-13(4)35)22(41)20(39)12(3)46-28)10-14(36)26-24(43)25(44)27(48-26)34-9-8-17(38)33-30(34)45/h5,7-9,11-12,14-15,18-29,36,39-44H,6,10H2,1-4H3,(H,31,35)(H,32,37)(H,33,38,45). The lowest BCUT2D eigenvalue weighted by Gasteiger charge is -2.47. The molecule has 0 saturated carbocycles. The third kappa shape index (κ3) is 8.99. The fourth-order valence-corrected chi connectivity index (χ4v) is 5.95. The monoisotopic (exact) mass is 702 g/mol. The first kappa shape index (κ1) is 38.7. The number of aromatic nitrogens is 2. The number of hydrogen-bond acceptors (Lipinski definition) is 15. The summed E-state index contributed by atoms with van der Waals surface area (Å²) in [5, 5.41) is 80.7. The second kappa shape index (κ2) is 16.3. The van der Waals surface area contributed by atoms with Gasteiger partial charge in [-0.3, -0.25) is 23.9 Å². The van der Waals surface area contributed by atoms with Crippen molar-refractivity contribution in [3.8, 4) is 0 Å². The van der Waals surface area contributed by atoms with Gasteiger partial charge in [0.1, 0.15) is 54.8 Å². The number of carbonyl (C=O) groups is 2. The summed E-state index contributed by atoms with van der Waals surface area (Å²) in [6.45, 7) is 6.47. The Morgan fingerprint density at radius 2 is 1.57 bits per heavy atom. The van der Waals surface area contributed by atoms with E-state index in [2.05, 4.69) is 10.6 Å². The van der Waals surface area contributed by atoms with Crippen LogP contribution in [0.5, 0.6) is 0 Å². The number of rotatable bonds is 11. The molecule has 15 unspecified atom stereocenters. The molecule has 0 aliphatic carbocycles. The molecule has 0 radical (unpaired) electrons. The van der Waals surface area contributed by atoms with Gasteiger partial charge in [0, 0.05) is 25.6 Å². The number of hydrogen-bond donors (Lipinski definition) is 10. The van der Waals surface area contributed by atoms with E-state index in [0.29, 0.717) is 6.42 Å². The van der Waals surface area contributed by atoms with Crippen molar-refractivity contribution < 1.29 is 64.3 Å². The summed E-state index contributed by atoms with van der Waals surface area (Å²) in [6, 6.07) is -1.84. The smallest absolute Gasteiger partial charge is 0.330 e. The number of aliphatic hydroxyl groups is 7. The van der Waals surface area contributed by atoms with Crippen LogP contribution in [0, 0.1) is 5.92 Å². The lowest BCUT2D eigenvalue weighted by Crippen LogP contribution is -2.68. The van der Waals surface area contributed by atoms with Gasteiger partial charge in [-0.1, -0.05) is 19.9 Å². The van der Waals surface area contributed by atoms with E-state index in [1.54, 1.807) is 6.08 Å². The molecule has 2 amide bonds. The highest BCUT2D eigenvalue weighted by molar-refractivity contribution is 5.87. The Balaban J connectivity index is 1.57. The number of nitrogens with one attached hydrogen (secondary N) is 3. The van der Waals surface area contributed by atoms with Gasteiger partial charge in [-0.05, 0) is 25.3 Å². The minimum atomic E-state index is -1.80. The van der Waals surface area contributed by atoms with Gasteiger partial charge in [0.05, 0.1) is 18.3 Å². The molecule has 3 saturated heterocycles. The molecule has 0 aromatic carbocycles. The number of carbonyl (C=O) groups excluding carboxylic acids is 2. The first-order valence-corrected chi connectivity index (χ1v) is 15.9. The van der Waals surface area contributed by atoms with Crippen LogP contribution in [0.4, 0.5) is 0 Å². The first-order chi connectivity index (χ1) is 23.0. The summed E-state index contributed by atoms with van der Waals surface area (Å²) in [6.07, 6.45) is -16.7. The summed E-state index contributed by atoms with van der Waals surface area (Å²) in [7, 11) is 0. The van der Waals surface area contributed by atoms with Crippen molar-refractivity contribution in [2.45, 2.75) is 132 Å². The van der Waals surface area contributed by atoms with Crippen LogP contribution in [0.2, 0.25) is 0 Å². The van der Waals surface area contributed by atoms with Crippen molar-refractivity contribution in [1.82, 2.24) is 20.2 Å². The molecule has 276 valence electrons. The molecule has 3 aliphatic heterocycles. The van der Waals surface area contributed by atoms with Gasteiger partial charge in [0.25, 0.3) is 5.56 Å². The van der Waals surface area contributed by atoms with Gasteiger partial charge >= 0.3 is 5.69 Å². The molecular formula is C30H46N4O15. The van der Waals surface area contributed by atoms with Crippen molar-refractivity contribution >= 4 is 11.8 Å². The van der Waals surface area contributed by atoms with Gasteiger partial charge in [0.15, 0.2) is 18.8 Å². The van der Waals surface area contributed by atoms with Gasteiger partial charge < -0.3 is 65.3 Å². The highest BCUT2D eigenvalue weighted by Crippen LogP contribution is 2.34. The molecule has 0 bridgehead atoms. The van der Waals surface area contributed by atoms with E-state index in [-0.39, 0.29) is 5.92 Å². The number of aromatic amines is 1. The van der Waals surface area contributed by atoms with E-state index in [9.17, 15) is 54.9 Å². The second-order valence-corrected chi connectivity index (χ2v) is 12.9. The van der Waals surface area contributed by atoms with Crippen molar-refractivity contribution in [2.75, 3.05) is 0 Å². The lowest BCUT2D eigenvalue weighted by atomic mass is 9.91. The van der Waals surface area contributed by atoms with E-state index < -0.39 is 121 Å². The summed E-state index contributed by atoms with van der Waals surface area (Å²) in [4.78, 5) is 50.5. The van der Waals surface area contributed by atoms with Crippen molar-refractivity contribution in [2.24, 2.45) is 5.92 Å². The molecular weight excluding hydrogens is 656 g/mol. The summed E-state index contributed by atoms with van der Waals surface area (Å²) in [5.41, 5.74) is -1.66. The van der Waals surface area contributed by atoms with Crippen LogP contribution in [-0.4, -0.2) is 143 Å². The predicted octanol–water partition coefficient (Wildman–Crippen LogP) is -4.57. The Kier molecular flexibility index (Phi) is 12.9. The highest BCUT2D eigenvalue weighted by Gasteiger charge is 2.53. The molecule has 3 aliphatic rings. The molecule has 19 nitrogen and oxygen atoms in total. The zero-order chi connectivity index (χ0) is 36.3. The van der Waals surface area contributed by atoms with Crippen molar-refractivity contribution in [3.63, 3.8) is 0 Å². The van der Waals surface area contributed by atoms with Crippen LogP contribution in [0.15, 0.2) is 34.0 Å². The zero-order valence-electron chi connectivity index (χ0n) is 27.3. The van der Waals surface area contributed by atoms with E-state index in [1.807, 2.05) is 18.8 Å². The molecule has 4 heterocycles. The minimum absolute atomic E-state index is 0.243. The topological polar surface area (TPSA) is 292 Å². The summed E-state index contributed by atoms with van der Waals surface area (Å²) in [5.74, 6) is -1.05. The van der Waals surface area contributed by atoms with Crippen LogP contribution in [0.3, 0.4) is 0 Å². The largest absolute Gasteiger partial charge is 0.390 e. The molecule has 19 heteroatoms. The average Bonchev–Trinajstić information content (AvgIpc) is 3.31. The Morgan fingerprint density at radius 3 is 2.20 bits per heavy atom. The molecule has 49 heavy (non-hydrogen) atoms. The molecule has 4 rings (SSSR count). The normalized spacial score (nSPS) is 38.9. The van der Waals surface area contributed by atoms with E-state index >= 15 is 0 Å².